The van der Waals surface area contributed by atoms with Crippen molar-refractivity contribution in [2.45, 2.75) is 0 Å². The van der Waals surface area contributed by atoms with Crippen LogP contribution in [0.3, 0.4) is 0 Å². The number of nitrogens with zero attached hydrogens (tertiary/aromatic N) is 4. The van der Waals surface area contributed by atoms with Crippen LogP contribution in [0.2, 0.25) is 5.02 Å². The van der Waals surface area contributed by atoms with E-state index in [1.807, 2.05) is 0 Å². The number of carboxylic acid groups (broad SMARTS) is 1. The molecule has 2 aromatic heterocycles. The van der Waals surface area contributed by atoms with Crippen LogP contribution in [0.15, 0.2) is 42.7 Å². The molecule has 3 N–H and O–H groups in total. The third kappa shape index (κ3) is 2.78. The second kappa shape index (κ2) is 6.02. The Morgan fingerprint density at radius 3 is 2.62 bits per heavy atom. The Balaban J connectivity index is 2.07. The van der Waals surface area contributed by atoms with Gasteiger partial charge in [-0.3, -0.25) is 0 Å². The summed E-state index contributed by atoms with van der Waals surface area (Å²) in [5.41, 5.74) is 7.24. The largest absolute Gasteiger partial charge is 0.477 e. The zero-order valence-corrected chi connectivity index (χ0v) is 12.9. The van der Waals surface area contributed by atoms with Crippen molar-refractivity contribution < 1.29 is 9.90 Å². The van der Waals surface area contributed by atoms with Gasteiger partial charge in [-0.25, -0.2) is 14.5 Å². The van der Waals surface area contributed by atoms with E-state index in [9.17, 15) is 10.1 Å². The zero-order valence-electron chi connectivity index (χ0n) is 12.1. The van der Waals surface area contributed by atoms with E-state index in [1.165, 1.54) is 23.1 Å². The predicted octanol–water partition coefficient (Wildman–Crippen LogP) is 2.74. The molecule has 0 saturated carbocycles. The Bertz CT molecular complexity index is 973. The van der Waals surface area contributed by atoms with Crippen molar-refractivity contribution in [2.24, 2.45) is 0 Å². The van der Waals surface area contributed by atoms with Crippen LogP contribution in [0.4, 0.5) is 5.82 Å². The van der Waals surface area contributed by atoms with E-state index in [0.717, 1.165) is 5.56 Å². The van der Waals surface area contributed by atoms with Crippen molar-refractivity contribution >= 4 is 23.4 Å². The maximum Gasteiger partial charge on any atom is 0.341 e. The molecule has 0 aliphatic heterocycles. The molecule has 0 amide bonds. The number of aromatic carboxylic acids is 1. The van der Waals surface area contributed by atoms with E-state index in [2.05, 4.69) is 16.2 Å². The number of carbonyl (C=O) groups is 1. The van der Waals surface area contributed by atoms with Crippen molar-refractivity contribution in [2.75, 3.05) is 5.73 Å². The van der Waals surface area contributed by atoms with Gasteiger partial charge in [-0.2, -0.15) is 5.26 Å². The fraction of sp³-hybridized carbons (Fsp3) is 0. The third-order valence-electron chi connectivity index (χ3n) is 3.37. The maximum absolute atomic E-state index is 11.0. The van der Waals surface area contributed by atoms with Crippen LogP contribution in [-0.2, 0) is 0 Å². The molecule has 0 spiro atoms. The first-order chi connectivity index (χ1) is 11.5. The van der Waals surface area contributed by atoms with Crippen LogP contribution in [-0.4, -0.2) is 25.8 Å². The molecule has 0 atom stereocenters. The zero-order chi connectivity index (χ0) is 17.3. The van der Waals surface area contributed by atoms with Crippen molar-refractivity contribution in [3.63, 3.8) is 0 Å². The molecule has 0 aliphatic rings. The number of pyridine rings is 1. The second-order valence-electron chi connectivity index (χ2n) is 4.88. The number of hydrogen-bond donors (Lipinski definition) is 2. The molecule has 0 aliphatic carbocycles. The first kappa shape index (κ1) is 15.5. The van der Waals surface area contributed by atoms with E-state index in [4.69, 9.17) is 22.4 Å². The molecule has 0 fully saturated rings. The first-order valence-electron chi connectivity index (χ1n) is 6.74. The van der Waals surface area contributed by atoms with E-state index in [-0.39, 0.29) is 11.4 Å². The lowest BCUT2D eigenvalue weighted by molar-refractivity contribution is 0.0698. The molecule has 0 saturated heterocycles. The summed E-state index contributed by atoms with van der Waals surface area (Å²) in [4.78, 5) is 15.3. The SMILES string of the molecule is N#Cc1cc(-n2cc(C(=O)O)c(N)n2)ncc1-c1ccc(Cl)cc1. The van der Waals surface area contributed by atoms with Gasteiger partial charge in [0.1, 0.15) is 5.56 Å². The van der Waals surface area contributed by atoms with Crippen molar-refractivity contribution in [3.8, 4) is 23.0 Å². The summed E-state index contributed by atoms with van der Waals surface area (Å²) in [5, 5.41) is 22.9. The number of nitrogens with two attached hydrogens (primary N) is 1. The minimum Gasteiger partial charge on any atom is -0.477 e. The number of benzene rings is 1. The summed E-state index contributed by atoms with van der Waals surface area (Å²) in [5.74, 6) is -1.01. The smallest absolute Gasteiger partial charge is 0.341 e. The molecular weight excluding hydrogens is 330 g/mol. The summed E-state index contributed by atoms with van der Waals surface area (Å²) in [7, 11) is 0. The van der Waals surface area contributed by atoms with Crippen molar-refractivity contribution in [1.29, 1.82) is 5.26 Å². The Morgan fingerprint density at radius 1 is 1.33 bits per heavy atom. The highest BCUT2D eigenvalue weighted by molar-refractivity contribution is 6.30. The van der Waals surface area contributed by atoms with Gasteiger partial charge in [-0.1, -0.05) is 23.7 Å². The number of anilines is 1. The Morgan fingerprint density at radius 2 is 2.04 bits per heavy atom. The summed E-state index contributed by atoms with van der Waals surface area (Å²) in [6.45, 7) is 0. The standard InChI is InChI=1S/C16H10ClN5O2/c17-11-3-1-9(2-4-11)12-7-20-14(5-10(12)6-18)22-8-13(16(23)24)15(19)21-22/h1-5,7-8H,(H2,19,21)(H,23,24). The number of rotatable bonds is 3. The fourth-order valence-electron chi connectivity index (χ4n) is 2.19. The van der Waals surface area contributed by atoms with Crippen LogP contribution in [0.25, 0.3) is 16.9 Å². The molecule has 3 rings (SSSR count). The summed E-state index contributed by atoms with van der Waals surface area (Å²) < 4.78 is 1.23. The average molecular weight is 340 g/mol. The lowest BCUT2D eigenvalue weighted by Gasteiger charge is -2.06. The van der Waals surface area contributed by atoms with Crippen LogP contribution in [0.1, 0.15) is 15.9 Å². The van der Waals surface area contributed by atoms with Crippen LogP contribution < -0.4 is 5.73 Å². The molecule has 118 valence electrons. The maximum atomic E-state index is 11.0. The van der Waals surface area contributed by atoms with Gasteiger partial charge in [0.05, 0.1) is 11.6 Å². The van der Waals surface area contributed by atoms with Crippen molar-refractivity contribution in [3.05, 3.63) is 58.9 Å². The summed E-state index contributed by atoms with van der Waals surface area (Å²) in [6, 6.07) is 10.6. The number of nitrogen functional groups attached to an aromatic ring is 1. The highest BCUT2D eigenvalue weighted by atomic mass is 35.5. The molecule has 0 bridgehead atoms. The predicted molar refractivity (Wildman–Crippen MR) is 87.9 cm³/mol. The molecule has 1 aromatic carbocycles. The van der Waals surface area contributed by atoms with Gasteiger partial charge in [0.15, 0.2) is 11.6 Å². The molecule has 8 heteroatoms. The highest BCUT2D eigenvalue weighted by Gasteiger charge is 2.15. The Hall–Kier alpha value is -3.37. The van der Waals surface area contributed by atoms with Crippen LogP contribution in [0, 0.1) is 11.3 Å². The van der Waals surface area contributed by atoms with E-state index < -0.39 is 5.97 Å². The van der Waals surface area contributed by atoms with E-state index in [0.29, 0.717) is 22.0 Å². The minimum absolute atomic E-state index is 0.121. The molecule has 2 heterocycles. The van der Waals surface area contributed by atoms with Gasteiger partial charge in [-0.05, 0) is 17.7 Å². The Kier molecular flexibility index (Phi) is 3.90. The van der Waals surface area contributed by atoms with Crippen molar-refractivity contribution in [1.82, 2.24) is 14.8 Å². The first-order valence-corrected chi connectivity index (χ1v) is 7.12. The minimum atomic E-state index is -1.18. The highest BCUT2D eigenvalue weighted by Crippen LogP contribution is 2.25. The average Bonchev–Trinajstić information content (AvgIpc) is 2.97. The lowest BCUT2D eigenvalue weighted by Crippen LogP contribution is -2.00. The number of aromatic nitrogens is 3. The van der Waals surface area contributed by atoms with E-state index >= 15 is 0 Å². The fourth-order valence-corrected chi connectivity index (χ4v) is 2.32. The van der Waals surface area contributed by atoms with Gasteiger partial charge in [0.2, 0.25) is 0 Å². The molecule has 0 unspecified atom stereocenters. The van der Waals surface area contributed by atoms with Gasteiger partial charge < -0.3 is 10.8 Å². The van der Waals surface area contributed by atoms with E-state index in [1.54, 1.807) is 24.3 Å². The Labute approximate surface area is 141 Å². The molecule has 7 nitrogen and oxygen atoms in total. The number of halogens is 1. The molecular formula is C16H10ClN5O2. The molecule has 3 aromatic rings. The normalized spacial score (nSPS) is 10.3. The van der Waals surface area contributed by atoms with Gasteiger partial charge >= 0.3 is 5.97 Å². The van der Waals surface area contributed by atoms with Gasteiger partial charge in [-0.15, -0.1) is 5.10 Å². The summed E-state index contributed by atoms with van der Waals surface area (Å²) in [6.07, 6.45) is 2.78. The molecule has 24 heavy (non-hydrogen) atoms. The number of hydrogen-bond acceptors (Lipinski definition) is 5. The van der Waals surface area contributed by atoms with Gasteiger partial charge in [0, 0.05) is 29.0 Å². The number of nitriles is 1. The van der Waals surface area contributed by atoms with Crippen LogP contribution >= 0.6 is 11.6 Å². The quantitative estimate of drug-likeness (QED) is 0.757. The lowest BCUT2D eigenvalue weighted by atomic mass is 10.0. The second-order valence-corrected chi connectivity index (χ2v) is 5.32. The monoisotopic (exact) mass is 339 g/mol. The van der Waals surface area contributed by atoms with Gasteiger partial charge in [0.25, 0.3) is 0 Å². The van der Waals surface area contributed by atoms with Crippen LogP contribution in [0.5, 0.6) is 0 Å². The topological polar surface area (TPSA) is 118 Å². The number of carboxylic acids is 1. The summed E-state index contributed by atoms with van der Waals surface area (Å²) >= 11 is 5.87. The third-order valence-corrected chi connectivity index (χ3v) is 3.63. The molecule has 0 radical (unpaired) electrons.